The van der Waals surface area contributed by atoms with Crippen molar-refractivity contribution in [1.82, 2.24) is 4.90 Å². The lowest BCUT2D eigenvalue weighted by Gasteiger charge is -2.28. The molecule has 1 saturated heterocycles. The van der Waals surface area contributed by atoms with E-state index in [0.29, 0.717) is 45.3 Å². The van der Waals surface area contributed by atoms with Gasteiger partial charge in [-0.25, -0.2) is 8.60 Å². The Morgan fingerprint density at radius 2 is 1.64 bits per heavy atom. The number of benzene rings is 3. The summed E-state index contributed by atoms with van der Waals surface area (Å²) in [6.45, 7) is 1.36. The van der Waals surface area contributed by atoms with Crippen LogP contribution in [0.1, 0.15) is 45.5 Å². The van der Waals surface area contributed by atoms with Gasteiger partial charge in [-0.05, 0) is 55.7 Å². The van der Waals surface area contributed by atoms with Crippen molar-refractivity contribution in [3.63, 3.8) is 0 Å². The van der Waals surface area contributed by atoms with Gasteiger partial charge in [-0.3, -0.25) is 9.59 Å². The monoisotopic (exact) mass is 462 g/mol. The van der Waals surface area contributed by atoms with Crippen molar-refractivity contribution in [3.8, 4) is 0 Å². The molecule has 0 aliphatic carbocycles. The third-order valence-corrected chi connectivity index (χ3v) is 7.69. The molecule has 5 rings (SSSR count). The van der Waals surface area contributed by atoms with Gasteiger partial charge in [0, 0.05) is 24.2 Å². The van der Waals surface area contributed by atoms with Crippen LogP contribution in [0.4, 0.5) is 10.1 Å². The number of hydrogen-bond donors (Lipinski definition) is 0. The quantitative estimate of drug-likeness (QED) is 0.563. The molecule has 0 unspecified atom stereocenters. The summed E-state index contributed by atoms with van der Waals surface area (Å²) in [6, 6.07) is 18.0. The molecule has 0 aromatic heterocycles. The van der Waals surface area contributed by atoms with Gasteiger partial charge in [0.25, 0.3) is 11.8 Å². The fraction of sp³-hybridized carbons (Fsp3) is 0.231. The number of piperidine rings is 1. The van der Waals surface area contributed by atoms with Gasteiger partial charge in [0.15, 0.2) is 0 Å². The fourth-order valence-corrected chi connectivity index (χ4v) is 5.77. The van der Waals surface area contributed by atoms with Crippen molar-refractivity contribution in [2.45, 2.75) is 35.6 Å². The van der Waals surface area contributed by atoms with Crippen LogP contribution in [0.25, 0.3) is 0 Å². The van der Waals surface area contributed by atoms with Gasteiger partial charge in [-0.1, -0.05) is 30.3 Å². The Balaban J connectivity index is 1.63. The highest BCUT2D eigenvalue weighted by molar-refractivity contribution is 7.85. The summed E-state index contributed by atoms with van der Waals surface area (Å²) in [7, 11) is -1.62. The summed E-state index contributed by atoms with van der Waals surface area (Å²) in [5.74, 6) is -0.905. The molecule has 0 N–H and O–H groups in total. The topological polar surface area (TPSA) is 57.7 Å². The second-order valence-corrected chi connectivity index (χ2v) is 9.70. The molecule has 1 fully saturated rings. The standard InChI is InChI=1S/C26H23FN2O3S/c27-21-10-4-2-8-19(21)17-29-22-16-18(25(30)28-14-6-1-7-15-28)12-13-24(22)33(32)23-11-5-3-9-20(23)26(29)31/h2-5,8-13,16H,1,6-7,14-15,17H2/t33-/m0/s1. The Morgan fingerprint density at radius 3 is 2.42 bits per heavy atom. The Morgan fingerprint density at radius 1 is 0.909 bits per heavy atom. The first-order valence-corrected chi connectivity index (χ1v) is 12.2. The number of carbonyl (C=O) groups excluding carboxylic acids is 2. The number of amides is 2. The lowest BCUT2D eigenvalue weighted by atomic mass is 10.1. The molecule has 0 bridgehead atoms. The highest BCUT2D eigenvalue weighted by Gasteiger charge is 2.32. The number of fused-ring (bicyclic) bond motifs is 2. The van der Waals surface area contributed by atoms with Crippen LogP contribution in [-0.2, 0) is 17.3 Å². The summed E-state index contributed by atoms with van der Waals surface area (Å²) in [5.41, 5.74) is 1.47. The van der Waals surface area contributed by atoms with Crippen LogP contribution in [0.2, 0.25) is 0 Å². The van der Waals surface area contributed by atoms with Crippen LogP contribution >= 0.6 is 0 Å². The zero-order chi connectivity index (χ0) is 22.9. The smallest absolute Gasteiger partial charge is 0.259 e. The van der Waals surface area contributed by atoms with E-state index in [1.54, 1.807) is 60.7 Å². The SMILES string of the molecule is O=C(c1ccc2c(c1)N(Cc1ccccc1F)C(=O)c1ccccc1[S@@]2=O)N1CCCCC1. The van der Waals surface area contributed by atoms with E-state index in [-0.39, 0.29) is 18.4 Å². The molecule has 2 heterocycles. The Kier molecular flexibility index (Phi) is 5.81. The maximum absolute atomic E-state index is 14.5. The normalized spacial score (nSPS) is 17.8. The van der Waals surface area contributed by atoms with Crippen LogP contribution in [0.3, 0.4) is 0 Å². The molecular formula is C26H23FN2O3S. The molecule has 168 valence electrons. The average molecular weight is 463 g/mol. The molecule has 1 atom stereocenters. The zero-order valence-corrected chi connectivity index (χ0v) is 18.8. The summed E-state index contributed by atoms with van der Waals surface area (Å²) in [4.78, 5) is 30.9. The minimum atomic E-state index is -1.62. The maximum atomic E-state index is 14.5. The molecule has 3 aromatic carbocycles. The molecule has 0 spiro atoms. The van der Waals surface area contributed by atoms with Crippen molar-refractivity contribution in [2.24, 2.45) is 0 Å². The van der Waals surface area contributed by atoms with E-state index in [4.69, 9.17) is 0 Å². The third kappa shape index (κ3) is 3.97. The predicted octanol–water partition coefficient (Wildman–Crippen LogP) is 4.78. The van der Waals surface area contributed by atoms with Crippen LogP contribution in [0.5, 0.6) is 0 Å². The number of nitrogens with zero attached hydrogens (tertiary/aromatic N) is 2. The number of hydrogen-bond acceptors (Lipinski definition) is 3. The fourth-order valence-electron chi connectivity index (χ4n) is 4.43. The molecule has 5 nitrogen and oxygen atoms in total. The van der Waals surface area contributed by atoms with Gasteiger partial charge in [0.05, 0.1) is 38.4 Å². The van der Waals surface area contributed by atoms with Gasteiger partial charge in [-0.2, -0.15) is 0 Å². The van der Waals surface area contributed by atoms with Gasteiger partial charge in [0.1, 0.15) is 5.82 Å². The summed E-state index contributed by atoms with van der Waals surface area (Å²) in [5, 5.41) is 0. The molecule has 2 aliphatic heterocycles. The van der Waals surface area contributed by atoms with Crippen LogP contribution < -0.4 is 4.90 Å². The van der Waals surface area contributed by atoms with Gasteiger partial charge in [0.2, 0.25) is 0 Å². The van der Waals surface area contributed by atoms with E-state index in [0.717, 1.165) is 19.3 Å². The first kappa shape index (κ1) is 21.5. The van der Waals surface area contributed by atoms with E-state index >= 15 is 0 Å². The van der Waals surface area contributed by atoms with E-state index < -0.39 is 16.6 Å². The molecule has 7 heteroatoms. The van der Waals surface area contributed by atoms with Crippen molar-refractivity contribution >= 4 is 28.3 Å². The van der Waals surface area contributed by atoms with Crippen molar-refractivity contribution in [3.05, 3.63) is 89.2 Å². The Hall–Kier alpha value is -3.32. The number of likely N-dealkylation sites (tertiary alicyclic amines) is 1. The number of anilines is 1. The van der Waals surface area contributed by atoms with E-state index in [2.05, 4.69) is 0 Å². The predicted molar refractivity (Wildman–Crippen MR) is 124 cm³/mol. The van der Waals surface area contributed by atoms with E-state index in [9.17, 15) is 18.2 Å². The molecule has 0 radical (unpaired) electrons. The Labute approximate surface area is 194 Å². The van der Waals surface area contributed by atoms with E-state index in [1.807, 2.05) is 4.90 Å². The van der Waals surface area contributed by atoms with E-state index in [1.165, 1.54) is 11.0 Å². The number of carbonyl (C=O) groups is 2. The van der Waals surface area contributed by atoms with Crippen molar-refractivity contribution in [2.75, 3.05) is 18.0 Å². The summed E-state index contributed by atoms with van der Waals surface area (Å²) < 4.78 is 28.0. The largest absolute Gasteiger partial charge is 0.339 e. The van der Waals surface area contributed by atoms with Gasteiger partial charge in [-0.15, -0.1) is 0 Å². The summed E-state index contributed by atoms with van der Waals surface area (Å²) in [6.07, 6.45) is 3.04. The van der Waals surface area contributed by atoms with Crippen molar-refractivity contribution < 1.29 is 18.2 Å². The Bertz CT molecular complexity index is 1270. The summed E-state index contributed by atoms with van der Waals surface area (Å²) >= 11 is 0. The third-order valence-electron chi connectivity index (χ3n) is 6.19. The zero-order valence-electron chi connectivity index (χ0n) is 18.0. The first-order chi connectivity index (χ1) is 16.0. The lowest BCUT2D eigenvalue weighted by molar-refractivity contribution is 0.0724. The molecule has 2 aliphatic rings. The lowest BCUT2D eigenvalue weighted by Crippen LogP contribution is -2.36. The molecule has 0 saturated carbocycles. The number of halogens is 1. The van der Waals surface area contributed by atoms with Crippen LogP contribution in [0.15, 0.2) is 76.5 Å². The van der Waals surface area contributed by atoms with Crippen molar-refractivity contribution in [1.29, 1.82) is 0 Å². The van der Waals surface area contributed by atoms with Crippen LogP contribution in [-0.4, -0.2) is 34.0 Å². The minimum Gasteiger partial charge on any atom is -0.339 e. The second-order valence-electron chi connectivity index (χ2n) is 8.28. The highest BCUT2D eigenvalue weighted by atomic mass is 32.2. The highest BCUT2D eigenvalue weighted by Crippen LogP contribution is 2.36. The molecule has 3 aromatic rings. The van der Waals surface area contributed by atoms with Gasteiger partial charge < -0.3 is 9.80 Å². The second kappa shape index (κ2) is 8.90. The van der Waals surface area contributed by atoms with Gasteiger partial charge >= 0.3 is 0 Å². The molecule has 2 amide bonds. The number of rotatable bonds is 3. The average Bonchev–Trinajstić information content (AvgIpc) is 2.94. The molecular weight excluding hydrogens is 439 g/mol. The van der Waals surface area contributed by atoms with Crippen LogP contribution in [0, 0.1) is 5.82 Å². The first-order valence-electron chi connectivity index (χ1n) is 11.0. The molecule has 33 heavy (non-hydrogen) atoms. The maximum Gasteiger partial charge on any atom is 0.259 e. The minimum absolute atomic E-state index is 0.0363.